The summed E-state index contributed by atoms with van der Waals surface area (Å²) in [5.41, 5.74) is 6.21. The highest BCUT2D eigenvalue weighted by Gasteiger charge is 2.39. The lowest BCUT2D eigenvalue weighted by molar-refractivity contribution is 0.0976. The number of nitrogens with zero attached hydrogens (tertiary/aromatic N) is 3. The van der Waals surface area contributed by atoms with E-state index < -0.39 is 0 Å². The van der Waals surface area contributed by atoms with Crippen molar-refractivity contribution in [1.82, 2.24) is 0 Å². The standard InChI is InChI=1S/C49H58N4O7S/c1-30(25-48(2,3)29-60-45-24-39-37(22-43(45)57-7)46(54)52-33(26-50-39)18-31-12-9-10-13-40(31)52)28-59-44-23-38-36(21-42(44)56-6)47(55)53-34(27-51-38)19-32-20-35(14-15-41(32)53)58-17-11-16-49(4,5)61-8/h9-10,12-15,20-24,26,30,33-34,51H,11,16-19,25,27-29H2,1-8H3/t30?,33-,34-/m0/s1. The van der Waals surface area contributed by atoms with Crippen molar-refractivity contribution in [2.24, 2.45) is 16.3 Å². The molecule has 1 unspecified atom stereocenters. The summed E-state index contributed by atoms with van der Waals surface area (Å²) in [5, 5.41) is 3.55. The van der Waals surface area contributed by atoms with E-state index in [1.165, 1.54) is 0 Å². The zero-order chi connectivity index (χ0) is 43.1. The lowest BCUT2D eigenvalue weighted by Gasteiger charge is -2.29. The smallest absolute Gasteiger partial charge is 0.261 e. The number of anilines is 3. The number of benzene rings is 4. The molecule has 3 atom stereocenters. The number of thioether (sulfide) groups is 1. The van der Waals surface area contributed by atoms with E-state index in [1.54, 1.807) is 26.4 Å². The maximum absolute atomic E-state index is 14.2. The van der Waals surface area contributed by atoms with Gasteiger partial charge in [-0.25, -0.2) is 0 Å². The first-order valence-corrected chi connectivity index (χ1v) is 22.5. The number of carbonyl (C=O) groups excluding carboxylic acids is 2. The topological polar surface area (TPSA) is 111 Å². The molecule has 0 saturated heterocycles. The van der Waals surface area contributed by atoms with Gasteiger partial charge in [-0.15, -0.1) is 0 Å². The average Bonchev–Trinajstić information content (AvgIpc) is 3.73. The Morgan fingerprint density at radius 3 is 2.31 bits per heavy atom. The third-order valence-corrected chi connectivity index (χ3v) is 13.6. The molecule has 61 heavy (non-hydrogen) atoms. The Morgan fingerprint density at radius 2 is 1.54 bits per heavy atom. The SMILES string of the molecule is COc1cc2c(cc1OCC(C)CC(C)(C)COc1cc3c(cc1OC)C(=O)N1c4ccccc4C[C@H]1C=N3)NC[C@@H]1Cc3cc(OCCCC(C)(C)SC)ccc3N1C2=O. The van der Waals surface area contributed by atoms with Crippen LogP contribution in [0.25, 0.3) is 0 Å². The van der Waals surface area contributed by atoms with Crippen LogP contribution in [0.15, 0.2) is 71.7 Å². The Hall–Kier alpha value is -5.36. The summed E-state index contributed by atoms with van der Waals surface area (Å²) in [6.45, 7) is 13.1. The van der Waals surface area contributed by atoms with Crippen LogP contribution < -0.4 is 38.8 Å². The molecule has 4 heterocycles. The number of methoxy groups -OCH3 is 2. The quantitative estimate of drug-likeness (QED) is 0.110. The Labute approximate surface area is 364 Å². The predicted octanol–water partition coefficient (Wildman–Crippen LogP) is 9.80. The highest BCUT2D eigenvalue weighted by molar-refractivity contribution is 7.99. The molecule has 12 heteroatoms. The largest absolute Gasteiger partial charge is 0.494 e. The maximum Gasteiger partial charge on any atom is 0.261 e. The third-order valence-electron chi connectivity index (χ3n) is 12.3. The van der Waals surface area contributed by atoms with Gasteiger partial charge in [0.1, 0.15) is 5.75 Å². The number of para-hydroxylation sites is 1. The first kappa shape index (κ1) is 42.3. The van der Waals surface area contributed by atoms with Crippen molar-refractivity contribution in [2.45, 2.75) is 83.6 Å². The average molecular weight is 847 g/mol. The molecule has 4 aliphatic heterocycles. The van der Waals surface area contributed by atoms with E-state index in [1.807, 2.05) is 70.2 Å². The number of fused-ring (bicyclic) bond motifs is 8. The zero-order valence-corrected chi connectivity index (χ0v) is 37.4. The molecule has 8 rings (SSSR count). The number of aliphatic imine (C=N–C) groups is 1. The Balaban J connectivity index is 0.885. The van der Waals surface area contributed by atoms with Gasteiger partial charge in [0.15, 0.2) is 23.0 Å². The molecule has 322 valence electrons. The second-order valence-corrected chi connectivity index (χ2v) is 19.6. The van der Waals surface area contributed by atoms with Gasteiger partial charge >= 0.3 is 0 Å². The van der Waals surface area contributed by atoms with Crippen molar-refractivity contribution >= 4 is 52.5 Å². The Morgan fingerprint density at radius 1 is 0.820 bits per heavy atom. The molecule has 0 saturated carbocycles. The molecule has 4 aliphatic rings. The summed E-state index contributed by atoms with van der Waals surface area (Å²) in [5.74, 6) is 2.97. The Bertz CT molecular complexity index is 2340. The molecule has 0 bridgehead atoms. The second-order valence-electron chi connectivity index (χ2n) is 18.1. The van der Waals surface area contributed by atoms with Gasteiger partial charge in [-0.05, 0) is 90.8 Å². The molecule has 2 amide bonds. The van der Waals surface area contributed by atoms with Crippen LogP contribution in [0.4, 0.5) is 22.7 Å². The van der Waals surface area contributed by atoms with Crippen LogP contribution in [0.1, 0.15) is 85.7 Å². The minimum Gasteiger partial charge on any atom is -0.494 e. The number of hydrogen-bond donors (Lipinski definition) is 1. The van der Waals surface area contributed by atoms with E-state index in [-0.39, 0.29) is 40.0 Å². The number of carbonyl (C=O) groups is 2. The molecule has 0 aliphatic carbocycles. The molecule has 0 aromatic heterocycles. The molecule has 11 nitrogen and oxygen atoms in total. The first-order chi connectivity index (χ1) is 29.3. The van der Waals surface area contributed by atoms with Gasteiger partial charge in [0.05, 0.1) is 68.6 Å². The van der Waals surface area contributed by atoms with E-state index in [0.717, 1.165) is 66.0 Å². The van der Waals surface area contributed by atoms with E-state index in [9.17, 15) is 9.59 Å². The number of ether oxygens (including phenoxy) is 5. The maximum atomic E-state index is 14.2. The van der Waals surface area contributed by atoms with Gasteiger partial charge in [0.25, 0.3) is 11.8 Å². The summed E-state index contributed by atoms with van der Waals surface area (Å²) in [6, 6.07) is 21.2. The van der Waals surface area contributed by atoms with E-state index >= 15 is 0 Å². The van der Waals surface area contributed by atoms with Crippen LogP contribution >= 0.6 is 11.8 Å². The van der Waals surface area contributed by atoms with Gasteiger partial charge in [0.2, 0.25) is 0 Å². The summed E-state index contributed by atoms with van der Waals surface area (Å²) >= 11 is 1.88. The van der Waals surface area contributed by atoms with Gasteiger partial charge < -0.3 is 33.9 Å². The van der Waals surface area contributed by atoms with Gasteiger partial charge in [-0.1, -0.05) is 52.8 Å². The zero-order valence-electron chi connectivity index (χ0n) is 36.6. The summed E-state index contributed by atoms with van der Waals surface area (Å²) in [6.07, 6.45) is 8.37. The fraction of sp³-hybridized carbons (Fsp3) is 0.449. The van der Waals surface area contributed by atoms with Crippen LogP contribution in [0.5, 0.6) is 28.7 Å². The Kier molecular flexibility index (Phi) is 11.9. The summed E-state index contributed by atoms with van der Waals surface area (Å²) in [7, 11) is 3.19. The number of hydrogen-bond acceptors (Lipinski definition) is 10. The van der Waals surface area contributed by atoms with E-state index in [2.05, 4.69) is 58.3 Å². The van der Waals surface area contributed by atoms with Crippen molar-refractivity contribution in [3.8, 4) is 28.7 Å². The first-order valence-electron chi connectivity index (χ1n) is 21.3. The molecule has 4 aromatic rings. The van der Waals surface area contributed by atoms with Crippen molar-refractivity contribution in [1.29, 1.82) is 0 Å². The fourth-order valence-corrected chi connectivity index (χ4v) is 9.44. The predicted molar refractivity (Wildman–Crippen MR) is 245 cm³/mol. The highest BCUT2D eigenvalue weighted by Crippen LogP contribution is 2.44. The lowest BCUT2D eigenvalue weighted by atomic mass is 9.84. The van der Waals surface area contributed by atoms with Crippen LogP contribution in [-0.4, -0.2) is 81.7 Å². The number of nitrogens with one attached hydrogen (secondary N) is 1. The minimum atomic E-state index is -0.238. The second kappa shape index (κ2) is 17.2. The molecule has 4 aromatic carbocycles. The van der Waals surface area contributed by atoms with Crippen molar-refractivity contribution in [2.75, 3.05) is 62.0 Å². The summed E-state index contributed by atoms with van der Waals surface area (Å²) < 4.78 is 30.8. The molecular weight excluding hydrogens is 789 g/mol. The van der Waals surface area contributed by atoms with Crippen LogP contribution in [0, 0.1) is 11.3 Å². The van der Waals surface area contributed by atoms with Gasteiger partial charge in [0, 0.05) is 47.4 Å². The fourth-order valence-electron chi connectivity index (χ4n) is 9.09. The highest BCUT2D eigenvalue weighted by atomic mass is 32.2. The van der Waals surface area contributed by atoms with E-state index in [0.29, 0.717) is 66.2 Å². The monoisotopic (exact) mass is 846 g/mol. The normalized spacial score (nSPS) is 18.1. The van der Waals surface area contributed by atoms with Crippen molar-refractivity contribution in [3.05, 3.63) is 89.0 Å². The molecule has 1 N–H and O–H groups in total. The molecule has 0 fully saturated rings. The molecule has 0 radical (unpaired) electrons. The van der Waals surface area contributed by atoms with Crippen LogP contribution in [-0.2, 0) is 12.8 Å². The number of rotatable bonds is 16. The number of amides is 2. The molecular formula is C49H58N4O7S. The van der Waals surface area contributed by atoms with Crippen molar-refractivity contribution < 1.29 is 33.3 Å². The van der Waals surface area contributed by atoms with Crippen LogP contribution in [0.2, 0.25) is 0 Å². The van der Waals surface area contributed by atoms with E-state index in [4.69, 9.17) is 28.7 Å². The molecule has 0 spiro atoms. The van der Waals surface area contributed by atoms with Crippen LogP contribution in [0.3, 0.4) is 0 Å². The summed E-state index contributed by atoms with van der Waals surface area (Å²) in [4.78, 5) is 36.6. The van der Waals surface area contributed by atoms with Crippen molar-refractivity contribution in [3.63, 3.8) is 0 Å². The third kappa shape index (κ3) is 8.74. The minimum absolute atomic E-state index is 0.0239. The lowest BCUT2D eigenvalue weighted by Crippen LogP contribution is -2.39. The van der Waals surface area contributed by atoms with Gasteiger partial charge in [-0.2, -0.15) is 11.8 Å². The van der Waals surface area contributed by atoms with Gasteiger partial charge in [-0.3, -0.25) is 19.5 Å².